The molecule has 0 spiro atoms. The molecule has 0 aliphatic rings. The second kappa shape index (κ2) is 4.81. The smallest absolute Gasteiger partial charge is 0.315 e. The number of carbonyl (C=O) groups excluding carboxylic acids is 1. The number of carboxylic acid groups (broad SMARTS) is 1. The molecule has 0 heterocycles. The summed E-state index contributed by atoms with van der Waals surface area (Å²) in [7, 11) is 1.47. The van der Waals surface area contributed by atoms with Gasteiger partial charge in [-0.3, -0.25) is 9.59 Å². The van der Waals surface area contributed by atoms with E-state index in [4.69, 9.17) is 10.2 Å². The van der Waals surface area contributed by atoms with Gasteiger partial charge in [-0.1, -0.05) is 0 Å². The zero-order valence-corrected chi connectivity index (χ0v) is 8.02. The Labute approximate surface area is 77.0 Å². The van der Waals surface area contributed by atoms with E-state index in [0.29, 0.717) is 0 Å². The van der Waals surface area contributed by atoms with Crippen LogP contribution in [0.15, 0.2) is 0 Å². The lowest BCUT2D eigenvalue weighted by atomic mass is 10.1. The third kappa shape index (κ3) is 3.89. The van der Waals surface area contributed by atoms with Crippen molar-refractivity contribution in [3.8, 4) is 0 Å². The monoisotopic (exact) mass is 189 g/mol. The van der Waals surface area contributed by atoms with Crippen molar-refractivity contribution in [2.24, 2.45) is 5.92 Å². The maximum atomic E-state index is 11.3. The van der Waals surface area contributed by atoms with Crippen LogP contribution in [0.1, 0.15) is 13.8 Å². The zero-order chi connectivity index (χ0) is 10.6. The van der Waals surface area contributed by atoms with E-state index >= 15 is 0 Å². The third-order valence-electron chi connectivity index (χ3n) is 1.66. The molecule has 2 atom stereocenters. The fourth-order valence-corrected chi connectivity index (χ4v) is 0.923. The van der Waals surface area contributed by atoms with Crippen LogP contribution >= 0.6 is 0 Å². The molecule has 0 bridgehead atoms. The van der Waals surface area contributed by atoms with Gasteiger partial charge in [0.05, 0.1) is 6.10 Å². The first-order valence-corrected chi connectivity index (χ1v) is 4.02. The Balaban J connectivity index is 4.17. The second-order valence-corrected chi connectivity index (χ2v) is 3.13. The molecule has 0 rings (SSSR count). The summed E-state index contributed by atoms with van der Waals surface area (Å²) in [5, 5.41) is 17.5. The van der Waals surface area contributed by atoms with Crippen molar-refractivity contribution in [1.29, 1.82) is 0 Å². The lowest BCUT2D eigenvalue weighted by Crippen LogP contribution is -2.39. The number of amides is 1. The zero-order valence-electron chi connectivity index (χ0n) is 8.02. The van der Waals surface area contributed by atoms with Crippen molar-refractivity contribution < 1.29 is 19.8 Å². The largest absolute Gasteiger partial charge is 0.481 e. The molecule has 0 aliphatic carbocycles. The fourth-order valence-electron chi connectivity index (χ4n) is 0.923. The summed E-state index contributed by atoms with van der Waals surface area (Å²) >= 11 is 0. The minimum atomic E-state index is -1.15. The number of rotatable bonds is 4. The van der Waals surface area contributed by atoms with Gasteiger partial charge in [0.2, 0.25) is 5.91 Å². The van der Waals surface area contributed by atoms with Crippen LogP contribution in [0, 0.1) is 5.92 Å². The van der Waals surface area contributed by atoms with E-state index < -0.39 is 23.9 Å². The van der Waals surface area contributed by atoms with Crippen molar-refractivity contribution in [3.05, 3.63) is 0 Å². The molecular weight excluding hydrogens is 174 g/mol. The first kappa shape index (κ1) is 11.9. The van der Waals surface area contributed by atoms with Crippen LogP contribution in [0.3, 0.4) is 0 Å². The molecule has 76 valence electrons. The molecule has 2 unspecified atom stereocenters. The van der Waals surface area contributed by atoms with Gasteiger partial charge < -0.3 is 15.1 Å². The molecule has 1 amide bonds. The SMILES string of the molecule is CC(O)CN(C)C(=O)C(C)C(=O)O. The minimum absolute atomic E-state index is 0.149. The van der Waals surface area contributed by atoms with Crippen molar-refractivity contribution >= 4 is 11.9 Å². The van der Waals surface area contributed by atoms with Gasteiger partial charge in [-0.15, -0.1) is 0 Å². The molecule has 0 aromatic carbocycles. The molecule has 0 aromatic rings. The van der Waals surface area contributed by atoms with Gasteiger partial charge in [0.1, 0.15) is 5.92 Å². The average molecular weight is 189 g/mol. The Bertz CT molecular complexity index is 202. The van der Waals surface area contributed by atoms with Crippen LogP contribution in [-0.2, 0) is 9.59 Å². The van der Waals surface area contributed by atoms with Gasteiger partial charge in [-0.25, -0.2) is 0 Å². The number of carboxylic acids is 1. The molecule has 0 aliphatic heterocycles. The summed E-state index contributed by atoms with van der Waals surface area (Å²) in [6, 6.07) is 0. The molecular formula is C8H15NO4. The van der Waals surface area contributed by atoms with Gasteiger partial charge in [0.15, 0.2) is 0 Å². The Morgan fingerprint density at radius 3 is 2.15 bits per heavy atom. The van der Waals surface area contributed by atoms with Gasteiger partial charge in [-0.05, 0) is 13.8 Å². The summed E-state index contributed by atoms with van der Waals surface area (Å²) in [6.45, 7) is 3.01. The predicted octanol–water partition coefficient (Wildman–Crippen LogP) is -0.454. The van der Waals surface area contributed by atoms with Crippen LogP contribution < -0.4 is 0 Å². The van der Waals surface area contributed by atoms with Crippen molar-refractivity contribution in [3.63, 3.8) is 0 Å². The Hall–Kier alpha value is -1.10. The molecule has 0 fully saturated rings. The van der Waals surface area contributed by atoms with Crippen molar-refractivity contribution in [2.45, 2.75) is 20.0 Å². The summed E-state index contributed by atoms with van der Waals surface area (Å²) in [5.41, 5.74) is 0. The highest BCUT2D eigenvalue weighted by Gasteiger charge is 2.24. The van der Waals surface area contributed by atoms with Gasteiger partial charge >= 0.3 is 5.97 Å². The number of aliphatic carboxylic acids is 1. The van der Waals surface area contributed by atoms with E-state index in [1.165, 1.54) is 25.8 Å². The second-order valence-electron chi connectivity index (χ2n) is 3.13. The maximum absolute atomic E-state index is 11.3. The Morgan fingerprint density at radius 1 is 1.38 bits per heavy atom. The topological polar surface area (TPSA) is 77.8 Å². The van der Waals surface area contributed by atoms with Crippen molar-refractivity contribution in [1.82, 2.24) is 4.90 Å². The fraction of sp³-hybridized carbons (Fsp3) is 0.750. The lowest BCUT2D eigenvalue weighted by molar-refractivity contribution is -0.150. The van der Waals surface area contributed by atoms with Gasteiger partial charge in [-0.2, -0.15) is 0 Å². The van der Waals surface area contributed by atoms with E-state index in [9.17, 15) is 9.59 Å². The van der Waals surface area contributed by atoms with Crippen LogP contribution in [0.2, 0.25) is 0 Å². The van der Waals surface area contributed by atoms with Crippen LogP contribution in [-0.4, -0.2) is 46.7 Å². The highest BCUT2D eigenvalue weighted by Crippen LogP contribution is 2.01. The number of hydrogen-bond acceptors (Lipinski definition) is 3. The van der Waals surface area contributed by atoms with Crippen molar-refractivity contribution in [2.75, 3.05) is 13.6 Å². The molecule has 0 saturated heterocycles. The highest BCUT2D eigenvalue weighted by atomic mass is 16.4. The van der Waals surface area contributed by atoms with Crippen LogP contribution in [0.4, 0.5) is 0 Å². The standard InChI is InChI=1S/C8H15NO4/c1-5(10)4-9(3)7(11)6(2)8(12)13/h5-6,10H,4H2,1-3H3,(H,12,13). The number of nitrogens with zero attached hydrogens (tertiary/aromatic N) is 1. The molecule has 5 nitrogen and oxygen atoms in total. The van der Waals surface area contributed by atoms with Crippen LogP contribution in [0.5, 0.6) is 0 Å². The third-order valence-corrected chi connectivity index (χ3v) is 1.66. The molecule has 0 saturated carbocycles. The van der Waals surface area contributed by atoms with Crippen LogP contribution in [0.25, 0.3) is 0 Å². The highest BCUT2D eigenvalue weighted by molar-refractivity contribution is 5.96. The molecule has 13 heavy (non-hydrogen) atoms. The summed E-state index contributed by atoms with van der Waals surface area (Å²) in [5.74, 6) is -2.69. The molecule has 2 N–H and O–H groups in total. The van der Waals surface area contributed by atoms with E-state index in [-0.39, 0.29) is 6.54 Å². The number of aliphatic hydroxyl groups is 1. The van der Waals surface area contributed by atoms with E-state index in [1.54, 1.807) is 0 Å². The normalized spacial score (nSPS) is 14.8. The maximum Gasteiger partial charge on any atom is 0.315 e. The lowest BCUT2D eigenvalue weighted by Gasteiger charge is -2.20. The van der Waals surface area contributed by atoms with E-state index in [2.05, 4.69) is 0 Å². The first-order chi connectivity index (χ1) is 5.86. The van der Waals surface area contributed by atoms with Gasteiger partial charge in [0.25, 0.3) is 0 Å². The van der Waals surface area contributed by atoms with E-state index in [1.807, 2.05) is 0 Å². The first-order valence-electron chi connectivity index (χ1n) is 4.02. The average Bonchev–Trinajstić information content (AvgIpc) is 2.00. The molecule has 0 aromatic heterocycles. The number of likely N-dealkylation sites (N-methyl/N-ethyl adjacent to an activating group) is 1. The quantitative estimate of drug-likeness (QED) is 0.587. The molecule has 5 heteroatoms. The molecule has 0 radical (unpaired) electrons. The van der Waals surface area contributed by atoms with E-state index in [0.717, 1.165) is 0 Å². The number of hydrogen-bond donors (Lipinski definition) is 2. The summed E-state index contributed by atoms with van der Waals surface area (Å²) < 4.78 is 0. The summed E-state index contributed by atoms with van der Waals surface area (Å²) in [6.07, 6.45) is -0.644. The predicted molar refractivity (Wildman–Crippen MR) is 46.1 cm³/mol. The number of aliphatic hydroxyl groups excluding tert-OH is 1. The number of carbonyl (C=O) groups is 2. The minimum Gasteiger partial charge on any atom is -0.481 e. The van der Waals surface area contributed by atoms with Gasteiger partial charge in [0, 0.05) is 13.6 Å². The Kier molecular flexibility index (Phi) is 4.40. The Morgan fingerprint density at radius 2 is 1.85 bits per heavy atom. The summed E-state index contributed by atoms with van der Waals surface area (Å²) in [4.78, 5) is 22.9.